The van der Waals surface area contributed by atoms with Gasteiger partial charge in [-0.25, -0.2) is 0 Å². The number of ketones is 1. The van der Waals surface area contributed by atoms with Gasteiger partial charge in [-0.15, -0.1) is 0 Å². The fourth-order valence-corrected chi connectivity index (χ4v) is 2.86. The van der Waals surface area contributed by atoms with Gasteiger partial charge in [0.1, 0.15) is 0 Å². The summed E-state index contributed by atoms with van der Waals surface area (Å²) in [6.45, 7) is 4.60. The Morgan fingerprint density at radius 2 is 1.68 bits per heavy atom. The second-order valence-electron chi connectivity index (χ2n) is 6.18. The summed E-state index contributed by atoms with van der Waals surface area (Å²) in [5.74, 6) is -0.703. The van der Waals surface area contributed by atoms with Crippen LogP contribution in [0.1, 0.15) is 15.9 Å². The number of nitrogens with zero attached hydrogens (tertiary/aromatic N) is 2. The first-order chi connectivity index (χ1) is 12.1. The maximum Gasteiger partial charge on any atom is 0.187 e. The van der Waals surface area contributed by atoms with Gasteiger partial charge >= 0.3 is 0 Å². The van der Waals surface area contributed by atoms with Gasteiger partial charge < -0.3 is 15.1 Å². The van der Waals surface area contributed by atoms with Gasteiger partial charge in [0.2, 0.25) is 0 Å². The maximum atomic E-state index is 12.1. The molecule has 0 bridgehead atoms. The average Bonchev–Trinajstić information content (AvgIpc) is 2.64. The van der Waals surface area contributed by atoms with Crippen LogP contribution in [0.4, 0.5) is 0 Å². The third-order valence-electron chi connectivity index (χ3n) is 4.35. The highest BCUT2D eigenvalue weighted by molar-refractivity contribution is 6.04. The fourth-order valence-electron chi connectivity index (χ4n) is 2.86. The molecule has 0 unspecified atom stereocenters. The summed E-state index contributed by atoms with van der Waals surface area (Å²) in [7, 11) is 0. The van der Waals surface area contributed by atoms with Crippen LogP contribution in [-0.2, 0) is 6.54 Å². The lowest BCUT2D eigenvalue weighted by atomic mass is 10.1. The van der Waals surface area contributed by atoms with Crippen molar-refractivity contribution in [2.75, 3.05) is 26.2 Å². The zero-order chi connectivity index (χ0) is 17.6. The highest BCUT2D eigenvalue weighted by atomic mass is 16.3. The van der Waals surface area contributed by atoms with Crippen LogP contribution in [-0.4, -0.2) is 52.0 Å². The van der Waals surface area contributed by atoms with Crippen molar-refractivity contribution in [3.63, 3.8) is 0 Å². The Labute approximate surface area is 147 Å². The first-order valence-electron chi connectivity index (χ1n) is 8.36. The molecule has 0 aromatic heterocycles. The van der Waals surface area contributed by atoms with E-state index in [0.29, 0.717) is 5.56 Å². The molecule has 1 aliphatic rings. The van der Waals surface area contributed by atoms with Crippen LogP contribution in [0.2, 0.25) is 0 Å². The number of carbonyl (C=O) groups is 1. The molecule has 1 aliphatic heterocycles. The normalized spacial score (nSPS) is 15.6. The van der Waals surface area contributed by atoms with Crippen LogP contribution in [0, 0.1) is 0 Å². The average molecular weight is 338 g/mol. The van der Waals surface area contributed by atoms with Crippen molar-refractivity contribution in [1.29, 1.82) is 0 Å². The predicted octanol–water partition coefficient (Wildman–Crippen LogP) is 2.61. The Kier molecular flexibility index (Phi) is 5.36. The number of phenolic OH excluding ortho intramolecular Hbond substituents is 2. The minimum Gasteiger partial charge on any atom is -0.504 e. The van der Waals surface area contributed by atoms with Gasteiger partial charge in [-0.1, -0.05) is 30.3 Å². The van der Waals surface area contributed by atoms with E-state index in [1.165, 1.54) is 29.8 Å². The van der Waals surface area contributed by atoms with E-state index in [4.69, 9.17) is 0 Å². The van der Waals surface area contributed by atoms with Gasteiger partial charge in [-0.2, -0.15) is 0 Å². The highest BCUT2D eigenvalue weighted by Crippen LogP contribution is 2.25. The summed E-state index contributed by atoms with van der Waals surface area (Å²) in [5, 5.41) is 18.8. The van der Waals surface area contributed by atoms with Crippen molar-refractivity contribution in [2.24, 2.45) is 0 Å². The lowest BCUT2D eigenvalue weighted by Gasteiger charge is -2.34. The number of carbonyl (C=O) groups excluding carboxylic acids is 1. The van der Waals surface area contributed by atoms with Gasteiger partial charge in [0, 0.05) is 50.6 Å². The van der Waals surface area contributed by atoms with E-state index in [9.17, 15) is 15.0 Å². The van der Waals surface area contributed by atoms with Gasteiger partial charge in [0.15, 0.2) is 17.3 Å². The Balaban J connectivity index is 1.50. The summed E-state index contributed by atoms with van der Waals surface area (Å²) in [6.07, 6.45) is 3.32. The molecule has 25 heavy (non-hydrogen) atoms. The molecule has 0 radical (unpaired) electrons. The number of hydrogen-bond donors (Lipinski definition) is 2. The molecule has 5 nitrogen and oxygen atoms in total. The van der Waals surface area contributed by atoms with Crippen molar-refractivity contribution in [2.45, 2.75) is 6.54 Å². The minimum absolute atomic E-state index is 0.193. The minimum atomic E-state index is -0.284. The summed E-state index contributed by atoms with van der Waals surface area (Å²) in [6, 6.07) is 14.5. The van der Waals surface area contributed by atoms with E-state index in [1.54, 1.807) is 0 Å². The first kappa shape index (κ1) is 17.0. The molecule has 130 valence electrons. The van der Waals surface area contributed by atoms with E-state index >= 15 is 0 Å². The number of allylic oxidation sites excluding steroid dienone is 1. The van der Waals surface area contributed by atoms with E-state index in [-0.39, 0.29) is 17.3 Å². The number of aromatic hydroxyl groups is 2. The van der Waals surface area contributed by atoms with Crippen molar-refractivity contribution >= 4 is 5.78 Å². The highest BCUT2D eigenvalue weighted by Gasteiger charge is 2.15. The van der Waals surface area contributed by atoms with Gasteiger partial charge in [-0.3, -0.25) is 9.69 Å². The molecular weight excluding hydrogens is 316 g/mol. The number of benzene rings is 2. The molecule has 1 fully saturated rings. The number of phenols is 2. The van der Waals surface area contributed by atoms with E-state index in [1.807, 2.05) is 12.3 Å². The Hall–Kier alpha value is -2.79. The predicted molar refractivity (Wildman–Crippen MR) is 96.5 cm³/mol. The molecule has 3 rings (SSSR count). The fraction of sp³-hybridized carbons (Fsp3) is 0.250. The third kappa shape index (κ3) is 4.61. The Morgan fingerprint density at radius 3 is 2.36 bits per heavy atom. The van der Waals surface area contributed by atoms with Crippen molar-refractivity contribution < 1.29 is 15.0 Å². The topological polar surface area (TPSA) is 64.0 Å². The lowest BCUT2D eigenvalue weighted by Crippen LogP contribution is -2.43. The quantitative estimate of drug-likeness (QED) is 0.498. The summed E-state index contributed by atoms with van der Waals surface area (Å²) in [5.41, 5.74) is 1.67. The molecule has 0 aliphatic carbocycles. The second kappa shape index (κ2) is 7.85. The van der Waals surface area contributed by atoms with Crippen LogP contribution < -0.4 is 0 Å². The van der Waals surface area contributed by atoms with Crippen LogP contribution >= 0.6 is 0 Å². The molecule has 1 heterocycles. The Bertz CT molecular complexity index is 751. The van der Waals surface area contributed by atoms with Gasteiger partial charge in [0.05, 0.1) is 0 Å². The standard InChI is InChI=1S/C20H22N2O3/c23-18(17-6-7-19(24)20(25)14-17)8-9-21-10-12-22(13-11-21)15-16-4-2-1-3-5-16/h1-9,14,24-25H,10-13,15H2. The molecule has 0 spiro atoms. The van der Waals surface area contributed by atoms with Crippen LogP contribution in [0.15, 0.2) is 60.8 Å². The zero-order valence-electron chi connectivity index (χ0n) is 14.0. The van der Waals surface area contributed by atoms with Crippen LogP contribution in [0.5, 0.6) is 11.5 Å². The largest absolute Gasteiger partial charge is 0.504 e. The van der Waals surface area contributed by atoms with Crippen LogP contribution in [0.3, 0.4) is 0 Å². The van der Waals surface area contributed by atoms with Gasteiger partial charge in [-0.05, 0) is 23.8 Å². The number of rotatable bonds is 5. The number of hydrogen-bond acceptors (Lipinski definition) is 5. The molecule has 0 saturated carbocycles. The van der Waals surface area contributed by atoms with Crippen LogP contribution in [0.25, 0.3) is 0 Å². The Morgan fingerprint density at radius 1 is 0.960 bits per heavy atom. The van der Waals surface area contributed by atoms with E-state index < -0.39 is 0 Å². The second-order valence-corrected chi connectivity index (χ2v) is 6.18. The van der Waals surface area contributed by atoms with Crippen molar-refractivity contribution in [3.8, 4) is 11.5 Å². The smallest absolute Gasteiger partial charge is 0.187 e. The zero-order valence-corrected chi connectivity index (χ0v) is 14.0. The molecule has 5 heteroatoms. The maximum absolute atomic E-state index is 12.1. The summed E-state index contributed by atoms with van der Waals surface area (Å²) < 4.78 is 0. The molecule has 1 saturated heterocycles. The molecule has 0 amide bonds. The van der Waals surface area contributed by atoms with E-state index in [0.717, 1.165) is 32.7 Å². The number of piperazine rings is 1. The van der Waals surface area contributed by atoms with Crippen molar-refractivity contribution in [1.82, 2.24) is 9.80 Å². The SMILES string of the molecule is O=C(C=CN1CCN(Cc2ccccc2)CC1)c1ccc(O)c(O)c1. The third-order valence-corrected chi connectivity index (χ3v) is 4.35. The molecular formula is C20H22N2O3. The molecule has 2 aromatic rings. The van der Waals surface area contributed by atoms with E-state index in [2.05, 4.69) is 34.1 Å². The molecule has 0 atom stereocenters. The summed E-state index contributed by atoms with van der Waals surface area (Å²) in [4.78, 5) is 16.7. The lowest BCUT2D eigenvalue weighted by molar-refractivity contribution is 0.104. The molecule has 2 aromatic carbocycles. The summed E-state index contributed by atoms with van der Waals surface area (Å²) >= 11 is 0. The van der Waals surface area contributed by atoms with Gasteiger partial charge in [0.25, 0.3) is 0 Å². The first-order valence-corrected chi connectivity index (χ1v) is 8.36. The van der Waals surface area contributed by atoms with Crippen molar-refractivity contribution in [3.05, 3.63) is 71.9 Å². The monoisotopic (exact) mass is 338 g/mol. The molecule has 2 N–H and O–H groups in total.